The van der Waals surface area contributed by atoms with Crippen LogP contribution < -0.4 is 15.0 Å². The zero-order valence-corrected chi connectivity index (χ0v) is 17.0. The number of aryl methyl sites for hydroxylation is 1. The van der Waals surface area contributed by atoms with Crippen LogP contribution in [0.5, 0.6) is 11.5 Å². The zero-order chi connectivity index (χ0) is 20.4. The van der Waals surface area contributed by atoms with E-state index in [-0.39, 0.29) is 5.56 Å². The number of hydrogen-bond acceptors (Lipinski definition) is 5. The van der Waals surface area contributed by atoms with Crippen molar-refractivity contribution in [1.82, 2.24) is 14.9 Å². The normalized spacial score (nSPS) is 13.8. The molecule has 0 unspecified atom stereocenters. The van der Waals surface area contributed by atoms with Gasteiger partial charge in [-0.25, -0.2) is 4.98 Å². The fourth-order valence-corrected chi connectivity index (χ4v) is 3.84. The van der Waals surface area contributed by atoms with Crippen molar-refractivity contribution in [2.75, 3.05) is 20.8 Å². The van der Waals surface area contributed by atoms with Crippen LogP contribution in [0.1, 0.15) is 22.4 Å². The van der Waals surface area contributed by atoms with Crippen molar-refractivity contribution in [2.24, 2.45) is 0 Å². The van der Waals surface area contributed by atoms with Gasteiger partial charge in [-0.3, -0.25) is 9.69 Å². The smallest absolute Gasteiger partial charge is 0.254 e. The number of aromatic nitrogens is 2. The van der Waals surface area contributed by atoms with Crippen LogP contribution in [-0.2, 0) is 19.5 Å². The Bertz CT molecular complexity index is 1080. The molecule has 1 aliphatic rings. The molecule has 0 fully saturated rings. The van der Waals surface area contributed by atoms with Gasteiger partial charge in [-0.15, -0.1) is 0 Å². The molecular formula is C23H25N3O3. The minimum absolute atomic E-state index is 0.0355. The molecule has 0 amide bonds. The first-order valence-electron chi connectivity index (χ1n) is 9.70. The van der Waals surface area contributed by atoms with E-state index in [4.69, 9.17) is 14.5 Å². The van der Waals surface area contributed by atoms with Crippen LogP contribution in [0.15, 0.2) is 47.3 Å². The molecule has 1 N–H and O–H groups in total. The number of ether oxygens (including phenoxy) is 2. The Labute approximate surface area is 170 Å². The van der Waals surface area contributed by atoms with E-state index in [1.807, 2.05) is 42.5 Å². The number of methoxy groups -OCH3 is 2. The summed E-state index contributed by atoms with van der Waals surface area (Å²) < 4.78 is 11.0. The fourth-order valence-electron chi connectivity index (χ4n) is 3.84. The Hall–Kier alpha value is -3.12. The number of benzene rings is 2. The molecule has 0 radical (unpaired) electrons. The maximum Gasteiger partial charge on any atom is 0.254 e. The summed E-state index contributed by atoms with van der Waals surface area (Å²) in [6.07, 6.45) is 0.685. The van der Waals surface area contributed by atoms with E-state index in [2.05, 4.69) is 16.8 Å². The Morgan fingerprint density at radius 3 is 2.66 bits per heavy atom. The molecule has 1 aromatic heterocycles. The molecule has 3 aromatic rings. The van der Waals surface area contributed by atoms with Crippen LogP contribution in [-0.4, -0.2) is 35.6 Å². The minimum atomic E-state index is -0.0355. The number of nitrogens with one attached hydrogen (secondary N) is 1. The fraction of sp³-hybridized carbons (Fsp3) is 0.304. The molecule has 0 bridgehead atoms. The maximum atomic E-state index is 12.6. The molecule has 0 saturated heterocycles. The standard InChI is InChI=1S/C23H25N3O3/c1-15-11-17(28-2)12-21(29-3)19(15)13-26-10-9-18-20(14-26)24-22(25-23(18)27)16-7-5-4-6-8-16/h4-8,11-12H,9-10,13-14H2,1-3H3,(H,24,25,27). The average molecular weight is 391 g/mol. The second-order valence-corrected chi connectivity index (χ2v) is 7.29. The van der Waals surface area contributed by atoms with Gasteiger partial charge in [0.15, 0.2) is 0 Å². The lowest BCUT2D eigenvalue weighted by molar-refractivity contribution is 0.236. The van der Waals surface area contributed by atoms with Crippen LogP contribution in [0.3, 0.4) is 0 Å². The monoisotopic (exact) mass is 391 g/mol. The average Bonchev–Trinajstić information content (AvgIpc) is 2.75. The molecule has 150 valence electrons. The largest absolute Gasteiger partial charge is 0.497 e. The molecule has 2 aromatic carbocycles. The molecule has 1 aliphatic heterocycles. The number of hydrogen-bond donors (Lipinski definition) is 1. The van der Waals surface area contributed by atoms with Crippen molar-refractivity contribution < 1.29 is 9.47 Å². The van der Waals surface area contributed by atoms with Crippen LogP contribution in [0.2, 0.25) is 0 Å². The predicted octanol–water partition coefficient (Wildman–Crippen LogP) is 3.32. The van der Waals surface area contributed by atoms with E-state index >= 15 is 0 Å². The summed E-state index contributed by atoms with van der Waals surface area (Å²) in [6, 6.07) is 13.7. The highest BCUT2D eigenvalue weighted by Crippen LogP contribution is 2.30. The summed E-state index contributed by atoms with van der Waals surface area (Å²) in [5.41, 5.74) is 4.77. The third-order valence-corrected chi connectivity index (χ3v) is 5.44. The van der Waals surface area contributed by atoms with Crippen molar-refractivity contribution in [3.63, 3.8) is 0 Å². The third-order valence-electron chi connectivity index (χ3n) is 5.44. The highest BCUT2D eigenvalue weighted by atomic mass is 16.5. The summed E-state index contributed by atoms with van der Waals surface area (Å²) in [4.78, 5) is 22.6. The number of H-pyrrole nitrogens is 1. The van der Waals surface area contributed by atoms with Gasteiger partial charge >= 0.3 is 0 Å². The second-order valence-electron chi connectivity index (χ2n) is 7.29. The lowest BCUT2D eigenvalue weighted by Gasteiger charge is -2.29. The van der Waals surface area contributed by atoms with E-state index in [1.165, 1.54) is 0 Å². The molecule has 0 atom stereocenters. The number of fused-ring (bicyclic) bond motifs is 1. The first-order valence-corrected chi connectivity index (χ1v) is 9.70. The number of rotatable bonds is 5. The highest BCUT2D eigenvalue weighted by molar-refractivity contribution is 5.55. The van der Waals surface area contributed by atoms with E-state index in [9.17, 15) is 4.79 Å². The Morgan fingerprint density at radius 1 is 1.14 bits per heavy atom. The van der Waals surface area contributed by atoms with Gasteiger partial charge in [0.25, 0.3) is 5.56 Å². The molecule has 0 spiro atoms. The molecule has 4 rings (SSSR count). The van der Waals surface area contributed by atoms with Crippen LogP contribution >= 0.6 is 0 Å². The van der Waals surface area contributed by atoms with Crippen molar-refractivity contribution in [2.45, 2.75) is 26.4 Å². The quantitative estimate of drug-likeness (QED) is 0.723. The second kappa shape index (κ2) is 8.09. The van der Waals surface area contributed by atoms with Crippen molar-refractivity contribution in [3.05, 3.63) is 75.2 Å². The van der Waals surface area contributed by atoms with E-state index in [1.54, 1.807) is 14.2 Å². The van der Waals surface area contributed by atoms with Gasteiger partial charge < -0.3 is 14.5 Å². The topological polar surface area (TPSA) is 67.5 Å². The summed E-state index contributed by atoms with van der Waals surface area (Å²) in [5, 5.41) is 0. The van der Waals surface area contributed by atoms with Gasteiger partial charge in [0, 0.05) is 42.4 Å². The molecule has 29 heavy (non-hydrogen) atoms. The summed E-state index contributed by atoms with van der Waals surface area (Å²) in [7, 11) is 3.33. The first kappa shape index (κ1) is 19.2. The van der Waals surface area contributed by atoms with Crippen LogP contribution in [0.25, 0.3) is 11.4 Å². The predicted molar refractivity (Wildman–Crippen MR) is 112 cm³/mol. The minimum Gasteiger partial charge on any atom is -0.497 e. The molecule has 0 aliphatic carbocycles. The number of aromatic amines is 1. The van der Waals surface area contributed by atoms with Crippen molar-refractivity contribution in [3.8, 4) is 22.9 Å². The summed E-state index contributed by atoms with van der Waals surface area (Å²) >= 11 is 0. The van der Waals surface area contributed by atoms with Crippen molar-refractivity contribution >= 4 is 0 Å². The lowest BCUT2D eigenvalue weighted by atomic mass is 10.0. The molecular weight excluding hydrogens is 366 g/mol. The van der Waals surface area contributed by atoms with Gasteiger partial charge in [0.2, 0.25) is 0 Å². The summed E-state index contributed by atoms with van der Waals surface area (Å²) in [5.74, 6) is 2.22. The Morgan fingerprint density at radius 2 is 1.93 bits per heavy atom. The van der Waals surface area contributed by atoms with E-state index < -0.39 is 0 Å². The van der Waals surface area contributed by atoms with Crippen LogP contribution in [0.4, 0.5) is 0 Å². The maximum absolute atomic E-state index is 12.6. The number of nitrogens with zero attached hydrogens (tertiary/aromatic N) is 2. The Kier molecular flexibility index (Phi) is 5.36. The van der Waals surface area contributed by atoms with Gasteiger partial charge in [-0.2, -0.15) is 0 Å². The van der Waals surface area contributed by atoms with Crippen molar-refractivity contribution in [1.29, 1.82) is 0 Å². The first-order chi connectivity index (χ1) is 14.1. The SMILES string of the molecule is COc1cc(C)c(CN2CCc3c(nc(-c4ccccc4)[nH]c3=O)C2)c(OC)c1. The molecule has 6 nitrogen and oxygen atoms in total. The van der Waals surface area contributed by atoms with Crippen LogP contribution in [0, 0.1) is 6.92 Å². The molecule has 0 saturated carbocycles. The van der Waals surface area contributed by atoms with Gasteiger partial charge in [-0.05, 0) is 25.0 Å². The zero-order valence-electron chi connectivity index (χ0n) is 17.0. The lowest BCUT2D eigenvalue weighted by Crippen LogP contribution is -2.35. The summed E-state index contributed by atoms with van der Waals surface area (Å²) in [6.45, 7) is 4.23. The van der Waals surface area contributed by atoms with Gasteiger partial charge in [0.1, 0.15) is 17.3 Å². The van der Waals surface area contributed by atoms with E-state index in [0.29, 0.717) is 18.8 Å². The Balaban J connectivity index is 1.62. The van der Waals surface area contributed by atoms with E-state index in [0.717, 1.165) is 52.5 Å². The third kappa shape index (κ3) is 3.89. The van der Waals surface area contributed by atoms with Gasteiger partial charge in [-0.1, -0.05) is 30.3 Å². The van der Waals surface area contributed by atoms with Gasteiger partial charge in [0.05, 0.1) is 19.9 Å². The molecule has 6 heteroatoms. The highest BCUT2D eigenvalue weighted by Gasteiger charge is 2.23. The molecule has 2 heterocycles.